The lowest BCUT2D eigenvalue weighted by Gasteiger charge is -2.48. The third kappa shape index (κ3) is 0.367. The molecule has 2 aliphatic rings. The van der Waals surface area contributed by atoms with E-state index in [0.29, 0.717) is 0 Å². The van der Waals surface area contributed by atoms with E-state index in [2.05, 4.69) is 5.32 Å². The van der Waals surface area contributed by atoms with E-state index in [1.54, 1.807) is 0 Å². The highest BCUT2D eigenvalue weighted by atomic mass is 15.0. The lowest BCUT2D eigenvalue weighted by atomic mass is 9.65. The van der Waals surface area contributed by atoms with Crippen LogP contribution in [0, 0.1) is 5.41 Å². The van der Waals surface area contributed by atoms with E-state index in [4.69, 9.17) is 0 Å². The summed E-state index contributed by atoms with van der Waals surface area (Å²) in [4.78, 5) is 0. The van der Waals surface area contributed by atoms with Crippen molar-refractivity contribution in [2.45, 2.75) is 19.3 Å². The van der Waals surface area contributed by atoms with Gasteiger partial charge in [0.2, 0.25) is 0 Å². The number of hydrogen-bond donors (Lipinski definition) is 0. The van der Waals surface area contributed by atoms with E-state index in [1.165, 1.54) is 32.4 Å². The van der Waals surface area contributed by atoms with Gasteiger partial charge < -0.3 is 0 Å². The maximum absolute atomic E-state index is 4.19. The Kier molecular flexibility index (Phi) is 0.571. The lowest BCUT2D eigenvalue weighted by molar-refractivity contribution is 0.0564. The molecule has 1 aliphatic carbocycles. The minimum Gasteiger partial charge on any atom is -0.241 e. The maximum atomic E-state index is 4.19. The summed E-state index contributed by atoms with van der Waals surface area (Å²) in [6, 6.07) is 0. The summed E-state index contributed by atoms with van der Waals surface area (Å²) in [5.41, 5.74) is 0.778. The van der Waals surface area contributed by atoms with Gasteiger partial charge in [-0.2, -0.15) is 0 Å². The molecular formula is C6H10N. The van der Waals surface area contributed by atoms with Gasteiger partial charge >= 0.3 is 0 Å². The molecule has 0 bridgehead atoms. The average Bonchev–Trinajstić information content (AvgIpc) is 1.20. The van der Waals surface area contributed by atoms with Crippen LogP contribution in [0.15, 0.2) is 0 Å². The Balaban J connectivity index is 2.00. The van der Waals surface area contributed by atoms with E-state index in [-0.39, 0.29) is 0 Å². The second kappa shape index (κ2) is 1.03. The van der Waals surface area contributed by atoms with Crippen LogP contribution < -0.4 is 5.32 Å². The fourth-order valence-electron chi connectivity index (χ4n) is 1.42. The Bertz CT molecular complexity index is 64.7. The van der Waals surface area contributed by atoms with Crippen LogP contribution in [0.25, 0.3) is 0 Å². The van der Waals surface area contributed by atoms with Gasteiger partial charge in [0.25, 0.3) is 0 Å². The van der Waals surface area contributed by atoms with E-state index in [0.717, 1.165) is 5.41 Å². The maximum Gasteiger partial charge on any atom is 0.0203 e. The molecule has 0 aromatic carbocycles. The fourth-order valence-corrected chi connectivity index (χ4v) is 1.42. The normalized spacial score (nSPS) is 34.3. The summed E-state index contributed by atoms with van der Waals surface area (Å²) >= 11 is 0. The number of rotatable bonds is 0. The molecule has 0 atom stereocenters. The molecule has 0 aromatic rings. The summed E-state index contributed by atoms with van der Waals surface area (Å²) in [5, 5.41) is 4.19. The minimum atomic E-state index is 0.778. The van der Waals surface area contributed by atoms with Crippen molar-refractivity contribution in [1.82, 2.24) is 5.32 Å². The summed E-state index contributed by atoms with van der Waals surface area (Å²) in [5.74, 6) is 0. The zero-order valence-electron chi connectivity index (χ0n) is 4.48. The summed E-state index contributed by atoms with van der Waals surface area (Å²) < 4.78 is 0. The van der Waals surface area contributed by atoms with Crippen molar-refractivity contribution in [3.05, 3.63) is 0 Å². The van der Waals surface area contributed by atoms with Gasteiger partial charge in [0.15, 0.2) is 0 Å². The van der Waals surface area contributed by atoms with E-state index in [1.807, 2.05) is 0 Å². The number of hydrogen-bond acceptors (Lipinski definition) is 0. The van der Waals surface area contributed by atoms with Gasteiger partial charge in [-0.25, -0.2) is 5.32 Å². The van der Waals surface area contributed by atoms with Gasteiger partial charge in [0, 0.05) is 13.1 Å². The van der Waals surface area contributed by atoms with Gasteiger partial charge in [0.05, 0.1) is 0 Å². The van der Waals surface area contributed by atoms with Crippen molar-refractivity contribution in [1.29, 1.82) is 0 Å². The second-order valence-corrected chi connectivity index (χ2v) is 2.89. The highest BCUT2D eigenvalue weighted by Gasteiger charge is 2.42. The first-order valence-corrected chi connectivity index (χ1v) is 3.05. The quantitative estimate of drug-likeness (QED) is 0.423. The Morgan fingerprint density at radius 2 is 1.86 bits per heavy atom. The molecule has 1 heteroatoms. The average molecular weight is 96.2 g/mol. The van der Waals surface area contributed by atoms with Crippen LogP contribution >= 0.6 is 0 Å². The molecule has 7 heavy (non-hydrogen) atoms. The van der Waals surface area contributed by atoms with Crippen molar-refractivity contribution in [2.75, 3.05) is 13.1 Å². The van der Waals surface area contributed by atoms with E-state index < -0.39 is 0 Å². The monoisotopic (exact) mass is 96.1 g/mol. The van der Waals surface area contributed by atoms with Crippen LogP contribution in [0.4, 0.5) is 0 Å². The van der Waals surface area contributed by atoms with Gasteiger partial charge in [0.1, 0.15) is 0 Å². The molecule has 1 radical (unpaired) electrons. The van der Waals surface area contributed by atoms with Gasteiger partial charge in [-0.1, -0.05) is 6.42 Å². The summed E-state index contributed by atoms with van der Waals surface area (Å²) in [6.45, 7) is 2.38. The first-order valence-electron chi connectivity index (χ1n) is 3.05. The molecule has 0 amide bonds. The molecule has 1 heterocycles. The number of nitrogens with zero attached hydrogens (tertiary/aromatic N) is 1. The molecule has 1 saturated carbocycles. The molecule has 0 N–H and O–H groups in total. The van der Waals surface area contributed by atoms with Gasteiger partial charge in [-0.05, 0) is 18.3 Å². The first kappa shape index (κ1) is 3.90. The van der Waals surface area contributed by atoms with Crippen molar-refractivity contribution in [3.8, 4) is 0 Å². The first-order chi connectivity index (χ1) is 3.41. The van der Waals surface area contributed by atoms with Crippen LogP contribution in [0.3, 0.4) is 0 Å². The molecule has 39 valence electrons. The third-order valence-corrected chi connectivity index (χ3v) is 2.31. The van der Waals surface area contributed by atoms with Crippen LogP contribution in [-0.2, 0) is 0 Å². The summed E-state index contributed by atoms with van der Waals surface area (Å²) in [7, 11) is 0. The Labute approximate surface area is 44.1 Å². The molecule has 1 saturated heterocycles. The molecule has 0 aromatic heterocycles. The van der Waals surface area contributed by atoms with Crippen LogP contribution in [0.2, 0.25) is 0 Å². The van der Waals surface area contributed by atoms with Crippen molar-refractivity contribution in [2.24, 2.45) is 5.41 Å². The topological polar surface area (TPSA) is 14.1 Å². The zero-order chi connectivity index (χ0) is 4.74. The Hall–Kier alpha value is -0.0400. The largest absolute Gasteiger partial charge is 0.241 e. The van der Waals surface area contributed by atoms with Crippen molar-refractivity contribution in [3.63, 3.8) is 0 Å². The molecule has 0 unspecified atom stereocenters. The minimum absolute atomic E-state index is 0.778. The Morgan fingerprint density at radius 3 is 1.86 bits per heavy atom. The van der Waals surface area contributed by atoms with Gasteiger partial charge in [-0.3, -0.25) is 0 Å². The molecule has 2 rings (SSSR count). The highest BCUT2D eigenvalue weighted by Crippen LogP contribution is 2.44. The molecule has 2 fully saturated rings. The fraction of sp³-hybridized carbons (Fsp3) is 1.00. The molecular weight excluding hydrogens is 86.1 g/mol. The van der Waals surface area contributed by atoms with Crippen LogP contribution in [-0.4, -0.2) is 13.1 Å². The molecule has 1 aliphatic heterocycles. The predicted octanol–water partition coefficient (Wildman–Crippen LogP) is 0.775. The standard InChI is InChI=1S/C6H10N/c1-2-6(3-1)4-7-5-6/h1-5H2. The van der Waals surface area contributed by atoms with Crippen molar-refractivity contribution < 1.29 is 0 Å². The van der Waals surface area contributed by atoms with Crippen LogP contribution in [0.5, 0.6) is 0 Å². The SMILES string of the molecule is C1CC2(C1)C[N]C2. The lowest BCUT2D eigenvalue weighted by Crippen LogP contribution is -2.53. The van der Waals surface area contributed by atoms with E-state index in [9.17, 15) is 0 Å². The Morgan fingerprint density at radius 1 is 1.14 bits per heavy atom. The van der Waals surface area contributed by atoms with Crippen LogP contribution in [0.1, 0.15) is 19.3 Å². The van der Waals surface area contributed by atoms with E-state index >= 15 is 0 Å². The highest BCUT2D eigenvalue weighted by molar-refractivity contribution is 4.97. The van der Waals surface area contributed by atoms with Crippen molar-refractivity contribution >= 4 is 0 Å². The molecule has 1 spiro atoms. The molecule has 1 nitrogen and oxygen atoms in total. The smallest absolute Gasteiger partial charge is 0.0203 e. The zero-order valence-corrected chi connectivity index (χ0v) is 4.48. The third-order valence-electron chi connectivity index (χ3n) is 2.31. The predicted molar refractivity (Wildman–Crippen MR) is 28.2 cm³/mol. The second-order valence-electron chi connectivity index (χ2n) is 2.89. The summed E-state index contributed by atoms with van der Waals surface area (Å²) in [6.07, 6.45) is 4.41. The van der Waals surface area contributed by atoms with Gasteiger partial charge in [-0.15, -0.1) is 0 Å².